The van der Waals surface area contributed by atoms with E-state index >= 15 is 0 Å². The summed E-state index contributed by atoms with van der Waals surface area (Å²) in [5, 5.41) is 23.8. The fraction of sp³-hybridized carbons (Fsp3) is 0.240. The monoisotopic (exact) mass is 498 g/mol. The molecule has 0 aromatic heterocycles. The molecule has 0 amide bonds. The third kappa shape index (κ3) is 3.91. The van der Waals surface area contributed by atoms with Crippen molar-refractivity contribution < 1.29 is 19.2 Å². The molecule has 1 aliphatic heterocycles. The zero-order valence-corrected chi connectivity index (χ0v) is 19.3. The first-order chi connectivity index (χ1) is 16.3. The predicted molar refractivity (Wildman–Crippen MR) is 129 cm³/mol. The van der Waals surface area contributed by atoms with Crippen molar-refractivity contribution in [3.8, 4) is 0 Å². The average molecular weight is 499 g/mol. The standard InChI is InChI=1S/C25H20ClFN2O4S/c26-23-21(34-20-8-4-3-7-19(20)29(32)33)12-16-22(23)15-11-13(25(30)31)9-10-18(15)28-24(16)14-5-1-2-6-17(14)27/h1-11,16,21-24,28H,12H2,(H,30,31)/t16-,21-,22+,23-,24-/m1/s1. The van der Waals surface area contributed by atoms with E-state index in [-0.39, 0.29) is 40.2 Å². The smallest absolute Gasteiger partial charge is 0.335 e. The average Bonchev–Trinajstić information content (AvgIpc) is 3.15. The molecule has 1 aliphatic carbocycles. The van der Waals surface area contributed by atoms with Gasteiger partial charge in [-0.25, -0.2) is 9.18 Å². The van der Waals surface area contributed by atoms with Crippen molar-refractivity contribution in [3.63, 3.8) is 0 Å². The number of hydrogen-bond donors (Lipinski definition) is 2. The molecule has 5 rings (SSSR count). The molecule has 34 heavy (non-hydrogen) atoms. The van der Waals surface area contributed by atoms with Gasteiger partial charge in [-0.1, -0.05) is 30.3 Å². The van der Waals surface area contributed by atoms with Crippen LogP contribution in [0.3, 0.4) is 0 Å². The van der Waals surface area contributed by atoms with Crippen LogP contribution in [-0.2, 0) is 0 Å². The number of nitrogens with one attached hydrogen (secondary N) is 1. The lowest BCUT2D eigenvalue weighted by molar-refractivity contribution is -0.387. The number of hydrogen-bond acceptors (Lipinski definition) is 5. The Kier molecular flexibility index (Phi) is 5.95. The van der Waals surface area contributed by atoms with E-state index in [1.54, 1.807) is 48.5 Å². The van der Waals surface area contributed by atoms with Crippen molar-refractivity contribution in [2.75, 3.05) is 5.32 Å². The molecular weight excluding hydrogens is 479 g/mol. The summed E-state index contributed by atoms with van der Waals surface area (Å²) in [7, 11) is 0. The number of halogens is 2. The van der Waals surface area contributed by atoms with Gasteiger partial charge in [0.2, 0.25) is 0 Å². The van der Waals surface area contributed by atoms with Gasteiger partial charge in [0.15, 0.2) is 0 Å². The number of nitro groups is 1. The number of nitrogens with zero attached hydrogens (tertiary/aromatic N) is 1. The van der Waals surface area contributed by atoms with E-state index in [0.717, 1.165) is 11.3 Å². The van der Waals surface area contributed by atoms with Gasteiger partial charge in [-0.15, -0.1) is 23.4 Å². The number of carboxylic acid groups (broad SMARTS) is 1. The van der Waals surface area contributed by atoms with Crippen molar-refractivity contribution in [3.05, 3.63) is 99.4 Å². The lowest BCUT2D eigenvalue weighted by Crippen LogP contribution is -2.32. The Hall–Kier alpha value is -3.10. The van der Waals surface area contributed by atoms with Crippen LogP contribution in [0.4, 0.5) is 15.8 Å². The second-order valence-corrected chi connectivity index (χ2v) is 10.3. The first kappa shape index (κ1) is 22.7. The van der Waals surface area contributed by atoms with E-state index in [4.69, 9.17) is 11.6 Å². The number of benzene rings is 3. The van der Waals surface area contributed by atoms with Crippen molar-refractivity contribution in [2.45, 2.75) is 33.9 Å². The third-order valence-electron chi connectivity index (χ3n) is 6.64. The quantitative estimate of drug-likeness (QED) is 0.238. The molecule has 5 atom stereocenters. The summed E-state index contributed by atoms with van der Waals surface area (Å²) >= 11 is 8.38. The molecule has 0 radical (unpaired) electrons. The second kappa shape index (κ2) is 8.92. The number of carbonyl (C=O) groups is 1. The van der Waals surface area contributed by atoms with Gasteiger partial charge >= 0.3 is 5.97 Å². The minimum atomic E-state index is -1.04. The van der Waals surface area contributed by atoms with E-state index in [0.29, 0.717) is 16.9 Å². The summed E-state index contributed by atoms with van der Waals surface area (Å²) in [4.78, 5) is 23.3. The minimum Gasteiger partial charge on any atom is -0.478 e. The van der Waals surface area contributed by atoms with Gasteiger partial charge in [0.05, 0.1) is 26.8 Å². The second-order valence-electron chi connectivity index (χ2n) is 8.50. The zero-order chi connectivity index (χ0) is 24.0. The molecule has 3 aromatic carbocycles. The molecule has 0 saturated heterocycles. The Bertz CT molecular complexity index is 1290. The maximum Gasteiger partial charge on any atom is 0.335 e. The molecule has 2 aliphatic rings. The molecule has 6 nitrogen and oxygen atoms in total. The summed E-state index contributed by atoms with van der Waals surface area (Å²) in [6.45, 7) is 0. The van der Waals surface area contributed by atoms with E-state index < -0.39 is 16.3 Å². The Balaban J connectivity index is 1.57. The fourth-order valence-electron chi connectivity index (χ4n) is 5.15. The lowest BCUT2D eigenvalue weighted by Gasteiger charge is -2.38. The normalized spacial score (nSPS) is 25.2. The van der Waals surface area contributed by atoms with E-state index in [9.17, 15) is 24.4 Å². The summed E-state index contributed by atoms with van der Waals surface area (Å²) in [5.41, 5.74) is 2.20. The van der Waals surface area contributed by atoms with Crippen molar-refractivity contribution in [2.24, 2.45) is 5.92 Å². The largest absolute Gasteiger partial charge is 0.478 e. The van der Waals surface area contributed by atoms with E-state index in [1.807, 2.05) is 0 Å². The molecule has 0 spiro atoms. The molecule has 174 valence electrons. The highest BCUT2D eigenvalue weighted by molar-refractivity contribution is 8.00. The fourth-order valence-corrected chi connectivity index (χ4v) is 7.10. The first-order valence-corrected chi connectivity index (χ1v) is 12.1. The van der Waals surface area contributed by atoms with Crippen LogP contribution >= 0.6 is 23.4 Å². The lowest BCUT2D eigenvalue weighted by atomic mass is 9.76. The van der Waals surface area contributed by atoms with Crippen LogP contribution < -0.4 is 5.32 Å². The number of fused-ring (bicyclic) bond motifs is 3. The summed E-state index contributed by atoms with van der Waals surface area (Å²) < 4.78 is 14.8. The van der Waals surface area contributed by atoms with Crippen molar-refractivity contribution in [1.29, 1.82) is 0 Å². The topological polar surface area (TPSA) is 92.5 Å². The molecule has 0 unspecified atom stereocenters. The molecule has 3 aromatic rings. The van der Waals surface area contributed by atoms with Gasteiger partial charge in [-0.05, 0) is 48.2 Å². The number of aromatic carboxylic acids is 1. The Morgan fingerprint density at radius 3 is 2.59 bits per heavy atom. The van der Waals surface area contributed by atoms with Gasteiger partial charge in [0.1, 0.15) is 5.82 Å². The third-order valence-corrected chi connectivity index (χ3v) is 8.75. The van der Waals surface area contributed by atoms with Gasteiger partial charge in [0, 0.05) is 28.5 Å². The minimum absolute atomic E-state index is 0.0172. The molecular formula is C25H20ClFN2O4S. The Morgan fingerprint density at radius 2 is 1.85 bits per heavy atom. The molecule has 0 bridgehead atoms. The number of thioether (sulfide) groups is 1. The zero-order valence-electron chi connectivity index (χ0n) is 17.7. The van der Waals surface area contributed by atoms with Gasteiger partial charge in [0.25, 0.3) is 5.69 Å². The number of carboxylic acids is 1. The van der Waals surface area contributed by atoms with Crippen LogP contribution in [0.1, 0.15) is 39.9 Å². The summed E-state index contributed by atoms with van der Waals surface area (Å²) in [6, 6.07) is 17.6. The molecule has 1 heterocycles. The molecule has 9 heteroatoms. The van der Waals surface area contributed by atoms with Crippen LogP contribution in [0, 0.1) is 21.8 Å². The molecule has 2 N–H and O–H groups in total. The number of nitro benzene ring substituents is 1. The number of para-hydroxylation sites is 1. The van der Waals surface area contributed by atoms with Gasteiger partial charge < -0.3 is 10.4 Å². The van der Waals surface area contributed by atoms with Crippen molar-refractivity contribution >= 4 is 40.7 Å². The maximum atomic E-state index is 14.8. The van der Waals surface area contributed by atoms with E-state index in [2.05, 4.69) is 5.32 Å². The molecule has 1 saturated carbocycles. The van der Waals surface area contributed by atoms with Crippen LogP contribution in [0.2, 0.25) is 0 Å². The highest BCUT2D eigenvalue weighted by Crippen LogP contribution is 2.58. The van der Waals surface area contributed by atoms with Crippen LogP contribution in [0.25, 0.3) is 0 Å². The number of alkyl halides is 1. The highest BCUT2D eigenvalue weighted by atomic mass is 35.5. The van der Waals surface area contributed by atoms with Crippen LogP contribution in [0.15, 0.2) is 71.6 Å². The van der Waals surface area contributed by atoms with Crippen LogP contribution in [0.5, 0.6) is 0 Å². The summed E-state index contributed by atoms with van der Waals surface area (Å²) in [5.74, 6) is -1.74. The molecule has 1 fully saturated rings. The predicted octanol–water partition coefficient (Wildman–Crippen LogP) is 6.47. The van der Waals surface area contributed by atoms with Gasteiger partial charge in [-0.2, -0.15) is 0 Å². The maximum absolute atomic E-state index is 14.8. The summed E-state index contributed by atoms with van der Waals surface area (Å²) in [6.07, 6.45) is 0.582. The Morgan fingerprint density at radius 1 is 1.12 bits per heavy atom. The van der Waals surface area contributed by atoms with Crippen molar-refractivity contribution in [1.82, 2.24) is 0 Å². The highest BCUT2D eigenvalue weighted by Gasteiger charge is 2.51. The number of rotatable bonds is 5. The van der Waals surface area contributed by atoms with Gasteiger partial charge in [-0.3, -0.25) is 10.1 Å². The number of anilines is 1. The SMILES string of the molecule is O=C(O)c1ccc2c(c1)[C@@H]1[C@H](Cl)[C@H](Sc3ccccc3[N+](=O)[O-])C[C@H]1[C@@H](c1ccccc1F)N2. The van der Waals surface area contributed by atoms with E-state index in [1.165, 1.54) is 30.0 Å². The Labute approximate surface area is 204 Å². The first-order valence-electron chi connectivity index (χ1n) is 10.8. The van der Waals surface area contributed by atoms with Crippen LogP contribution in [-0.4, -0.2) is 26.6 Å².